The smallest absolute Gasteiger partial charge is 0.408 e. The van der Waals surface area contributed by atoms with Crippen molar-refractivity contribution in [2.45, 2.75) is 95.9 Å². The summed E-state index contributed by atoms with van der Waals surface area (Å²) in [6, 6.07) is 5.74. The Hall–Kier alpha value is -3.38. The molecule has 1 aromatic carbocycles. The molecular formula is C32H45Cl2N5O7. The quantitative estimate of drug-likeness (QED) is 0.195. The number of carbonyl (C=O) groups is 6. The highest BCUT2D eigenvalue weighted by atomic mass is 35.5. The van der Waals surface area contributed by atoms with Crippen LogP contribution in [-0.2, 0) is 35.3 Å². The predicted molar refractivity (Wildman–Crippen MR) is 173 cm³/mol. The lowest BCUT2D eigenvalue weighted by Gasteiger charge is -2.37. The van der Waals surface area contributed by atoms with E-state index in [-0.39, 0.29) is 19.5 Å². The van der Waals surface area contributed by atoms with Gasteiger partial charge < -0.3 is 30.9 Å². The number of rotatable bonds is 12. The number of Topliss-reactive ketones (excluding diaryl/α,β-unsaturated/α-hetero) is 1. The Morgan fingerprint density at radius 1 is 0.978 bits per heavy atom. The molecule has 1 aliphatic carbocycles. The molecule has 4 N–H and O–H groups in total. The first-order valence-electron chi connectivity index (χ1n) is 15.4. The van der Waals surface area contributed by atoms with Crippen molar-refractivity contribution >= 4 is 58.7 Å². The van der Waals surface area contributed by atoms with E-state index in [0.717, 1.165) is 5.56 Å². The molecule has 0 bridgehead atoms. The van der Waals surface area contributed by atoms with Gasteiger partial charge in [-0.25, -0.2) is 4.79 Å². The zero-order valence-electron chi connectivity index (χ0n) is 27.4. The lowest BCUT2D eigenvalue weighted by atomic mass is 9.85. The maximum absolute atomic E-state index is 14.0. The zero-order valence-corrected chi connectivity index (χ0v) is 28.9. The van der Waals surface area contributed by atoms with Gasteiger partial charge in [0.05, 0.1) is 12.6 Å². The third-order valence-corrected chi connectivity index (χ3v) is 8.90. The minimum atomic E-state index is -1.26. The maximum Gasteiger partial charge on any atom is 0.408 e. The van der Waals surface area contributed by atoms with Crippen LogP contribution in [0.4, 0.5) is 4.79 Å². The van der Waals surface area contributed by atoms with Crippen LogP contribution < -0.4 is 21.3 Å². The number of alkyl carbamates (subject to hydrolysis) is 1. The first-order valence-corrected chi connectivity index (χ1v) is 16.1. The van der Waals surface area contributed by atoms with Gasteiger partial charge in [-0.3, -0.25) is 24.0 Å². The Morgan fingerprint density at radius 2 is 1.61 bits per heavy atom. The van der Waals surface area contributed by atoms with Gasteiger partial charge in [0.1, 0.15) is 22.0 Å². The number of nitrogens with one attached hydrogen (secondary N) is 4. The van der Waals surface area contributed by atoms with E-state index in [0.29, 0.717) is 6.42 Å². The molecule has 14 heteroatoms. The van der Waals surface area contributed by atoms with Crippen molar-refractivity contribution in [1.29, 1.82) is 0 Å². The number of hydrogen-bond acceptors (Lipinski definition) is 7. The SMILES string of the molecule is CCCC(NC(=O)C1C2C(CN1C(=O)[C@@H](NC(=O)OC(C)(C)C)C(C)(C)C)C2(Cl)Cl)C(=O)C(=O)NCC(=O)NCc1ccccc1. The van der Waals surface area contributed by atoms with Crippen LogP contribution in [0.1, 0.15) is 66.9 Å². The molecule has 1 saturated heterocycles. The van der Waals surface area contributed by atoms with Crippen LogP contribution in [0.15, 0.2) is 30.3 Å². The molecule has 5 amide bonds. The second-order valence-electron chi connectivity index (χ2n) is 13.8. The van der Waals surface area contributed by atoms with Crippen molar-refractivity contribution in [3.8, 4) is 0 Å². The summed E-state index contributed by atoms with van der Waals surface area (Å²) in [6.07, 6.45) is -0.213. The fraction of sp³-hybridized carbons (Fsp3) is 0.625. The minimum absolute atomic E-state index is 0.0577. The average molecular weight is 683 g/mol. The molecular weight excluding hydrogens is 637 g/mol. The van der Waals surface area contributed by atoms with E-state index in [2.05, 4.69) is 21.3 Å². The van der Waals surface area contributed by atoms with Crippen LogP contribution in [0.25, 0.3) is 0 Å². The monoisotopic (exact) mass is 681 g/mol. The molecule has 254 valence electrons. The van der Waals surface area contributed by atoms with Crippen LogP contribution in [-0.4, -0.2) is 81.6 Å². The highest BCUT2D eigenvalue weighted by Gasteiger charge is 2.74. The van der Waals surface area contributed by atoms with Gasteiger partial charge in [-0.1, -0.05) is 64.4 Å². The van der Waals surface area contributed by atoms with E-state index in [1.807, 2.05) is 30.3 Å². The van der Waals surface area contributed by atoms with E-state index in [1.54, 1.807) is 48.5 Å². The van der Waals surface area contributed by atoms with E-state index in [1.165, 1.54) is 4.90 Å². The second-order valence-corrected chi connectivity index (χ2v) is 15.3. The number of ketones is 1. The van der Waals surface area contributed by atoms with Crippen LogP contribution in [0, 0.1) is 17.3 Å². The molecule has 0 aromatic heterocycles. The van der Waals surface area contributed by atoms with Crippen LogP contribution in [0.3, 0.4) is 0 Å². The van der Waals surface area contributed by atoms with E-state index in [9.17, 15) is 28.8 Å². The summed E-state index contributed by atoms with van der Waals surface area (Å²) in [7, 11) is 0. The number of halogens is 2. The largest absolute Gasteiger partial charge is 0.444 e. The first-order chi connectivity index (χ1) is 21.3. The maximum atomic E-state index is 14.0. The molecule has 0 radical (unpaired) electrons. The van der Waals surface area contributed by atoms with Gasteiger partial charge in [0, 0.05) is 24.9 Å². The van der Waals surface area contributed by atoms with Gasteiger partial charge in [-0.2, -0.15) is 0 Å². The second kappa shape index (κ2) is 14.6. The molecule has 1 heterocycles. The third kappa shape index (κ3) is 9.34. The Labute approximate surface area is 280 Å². The molecule has 1 aromatic rings. The Kier molecular flexibility index (Phi) is 11.8. The van der Waals surface area contributed by atoms with Crippen molar-refractivity contribution in [2.24, 2.45) is 17.3 Å². The van der Waals surface area contributed by atoms with Crippen molar-refractivity contribution < 1.29 is 33.5 Å². The van der Waals surface area contributed by atoms with Crippen LogP contribution in [0.5, 0.6) is 0 Å². The Balaban J connectivity index is 1.70. The molecule has 1 saturated carbocycles. The summed E-state index contributed by atoms with van der Waals surface area (Å²) in [5.74, 6) is -4.72. The highest BCUT2D eigenvalue weighted by Crippen LogP contribution is 2.65. The number of ether oxygens (including phenoxy) is 1. The van der Waals surface area contributed by atoms with Crippen molar-refractivity contribution in [2.75, 3.05) is 13.1 Å². The summed E-state index contributed by atoms with van der Waals surface area (Å²) in [5, 5.41) is 10.2. The predicted octanol–water partition coefficient (Wildman–Crippen LogP) is 2.84. The summed E-state index contributed by atoms with van der Waals surface area (Å²) < 4.78 is 4.11. The lowest BCUT2D eigenvalue weighted by Crippen LogP contribution is -2.61. The van der Waals surface area contributed by atoms with Crippen LogP contribution >= 0.6 is 23.2 Å². The fourth-order valence-corrected chi connectivity index (χ4v) is 6.28. The normalized spacial score (nSPS) is 21.2. The number of alkyl halides is 2. The number of amides is 5. The van der Waals surface area contributed by atoms with Gasteiger partial charge in [0.2, 0.25) is 23.5 Å². The number of benzene rings is 1. The molecule has 0 spiro atoms. The molecule has 3 rings (SSSR count). The molecule has 1 aliphatic heterocycles. The molecule has 5 atom stereocenters. The third-order valence-electron chi connectivity index (χ3n) is 7.83. The van der Waals surface area contributed by atoms with Gasteiger partial charge in [-0.05, 0) is 38.2 Å². The average Bonchev–Trinajstić information content (AvgIpc) is 3.27. The number of fused-ring (bicyclic) bond motifs is 1. The molecule has 2 aliphatic rings. The van der Waals surface area contributed by atoms with Crippen molar-refractivity contribution in [3.63, 3.8) is 0 Å². The summed E-state index contributed by atoms with van der Waals surface area (Å²) in [4.78, 5) is 79.8. The fourth-order valence-electron chi connectivity index (χ4n) is 5.45. The summed E-state index contributed by atoms with van der Waals surface area (Å²) in [6.45, 7) is 12.1. The number of nitrogens with zero attached hydrogens (tertiary/aromatic N) is 1. The van der Waals surface area contributed by atoms with Crippen molar-refractivity contribution in [3.05, 3.63) is 35.9 Å². The van der Waals surface area contributed by atoms with E-state index in [4.69, 9.17) is 27.9 Å². The minimum Gasteiger partial charge on any atom is -0.444 e. The number of piperidine rings is 1. The topological polar surface area (TPSA) is 163 Å². The summed E-state index contributed by atoms with van der Waals surface area (Å²) in [5.41, 5.74) is -0.704. The van der Waals surface area contributed by atoms with Crippen LogP contribution in [0.2, 0.25) is 0 Å². The Bertz CT molecular complexity index is 1330. The lowest BCUT2D eigenvalue weighted by molar-refractivity contribution is -0.145. The van der Waals surface area contributed by atoms with E-state index < -0.39 is 87.4 Å². The van der Waals surface area contributed by atoms with Gasteiger partial charge >= 0.3 is 6.09 Å². The molecule has 12 nitrogen and oxygen atoms in total. The Morgan fingerprint density at radius 3 is 2.17 bits per heavy atom. The molecule has 46 heavy (non-hydrogen) atoms. The van der Waals surface area contributed by atoms with Gasteiger partial charge in [0.25, 0.3) is 5.91 Å². The van der Waals surface area contributed by atoms with Gasteiger partial charge in [0.15, 0.2) is 0 Å². The summed E-state index contributed by atoms with van der Waals surface area (Å²) >= 11 is 13.0. The number of likely N-dealkylation sites (tertiary alicyclic amines) is 1. The van der Waals surface area contributed by atoms with Gasteiger partial charge in [-0.15, -0.1) is 23.2 Å². The first kappa shape index (κ1) is 37.1. The number of hydrogen-bond donors (Lipinski definition) is 4. The zero-order chi connectivity index (χ0) is 34.6. The standard InChI is InChI=1S/C32H45Cl2N5O7/c1-8-12-20(24(41)27(43)36-16-21(40)35-15-18-13-10-9-11-14-18)37-26(42)23-22-19(32(22,33)34)17-39(23)28(44)25(30(2,3)4)38-29(45)46-31(5,6)7/h9-11,13-14,19-20,22-23,25H,8,12,15-17H2,1-7H3,(H,35,40)(H,36,43)(H,37,42)(H,38,45)/t19?,20?,22?,23?,25-/m1/s1. The van der Waals surface area contributed by atoms with Crippen molar-refractivity contribution in [1.82, 2.24) is 26.2 Å². The molecule has 2 fully saturated rings. The van der Waals surface area contributed by atoms with E-state index >= 15 is 0 Å². The molecule has 4 unspecified atom stereocenters. The number of carbonyl (C=O) groups excluding carboxylic acids is 6. The highest BCUT2D eigenvalue weighted by molar-refractivity contribution is 6.51.